The first-order chi connectivity index (χ1) is 45.9. The largest absolute Gasteiger partial charge is 0.308 e. The van der Waals surface area contributed by atoms with E-state index in [4.69, 9.17) is 0 Å². The average Bonchev–Trinajstić information content (AvgIpc) is 0.877. The first-order valence-corrected chi connectivity index (χ1v) is 40.3. The van der Waals surface area contributed by atoms with Crippen LogP contribution in [0.15, 0.2) is 94.5 Å². The summed E-state index contributed by atoms with van der Waals surface area (Å²) >= 11 is 0. The molecule has 17 aliphatic rings. The van der Waals surface area contributed by atoms with Crippen molar-refractivity contribution in [1.82, 2.24) is 9.13 Å². The van der Waals surface area contributed by atoms with Gasteiger partial charge in [-0.2, -0.15) is 0 Å². The SMILES string of the molecule is O=c1c2ccccc2n(-c2c(C3CC4CC3C3CCCC43)cc(C3CC4CCC3C4)cc2C2CC3CC2C2CCCC32)c2cc3c(=O)c4ccccc4n(-c4c(C5CC6CC5C5CCCC65)cc(C5CC6CC5C5CCCC65)cc4C4CC5CC4C4CCCC54)c3cc12. The number of hydrogen-bond donors (Lipinski definition) is 0. The van der Waals surface area contributed by atoms with Gasteiger partial charge in [0.2, 0.25) is 0 Å². The number of hydrogen-bond acceptors (Lipinski definition) is 2. The molecule has 17 aliphatic carbocycles. The summed E-state index contributed by atoms with van der Waals surface area (Å²) in [4.78, 5) is 33.1. The molecule has 7 aromatic rings. The summed E-state index contributed by atoms with van der Waals surface area (Å²) in [5.74, 6) is 22.2. The van der Waals surface area contributed by atoms with Gasteiger partial charge in [-0.1, -0.05) is 87.1 Å². The maximum atomic E-state index is 16.5. The Morgan fingerprint density at radius 1 is 0.258 bits per heavy atom. The van der Waals surface area contributed by atoms with Crippen molar-refractivity contribution in [3.63, 3.8) is 0 Å². The van der Waals surface area contributed by atoms with E-state index in [-0.39, 0.29) is 10.9 Å². The Morgan fingerprint density at radius 2 is 0.591 bits per heavy atom. The Kier molecular flexibility index (Phi) is 11.3. The smallest absolute Gasteiger partial charge is 0.197 e. The molecule has 17 saturated carbocycles. The Morgan fingerprint density at radius 3 is 0.946 bits per heavy atom. The summed E-state index contributed by atoms with van der Waals surface area (Å²) in [6.45, 7) is 0. The van der Waals surface area contributed by atoms with E-state index in [1.807, 2.05) is 0 Å². The maximum Gasteiger partial charge on any atom is 0.197 e. The fourth-order valence-corrected chi connectivity index (χ4v) is 32.4. The van der Waals surface area contributed by atoms with Gasteiger partial charge in [0.05, 0.1) is 33.4 Å². The van der Waals surface area contributed by atoms with Gasteiger partial charge >= 0.3 is 0 Å². The molecule has 12 bridgehead atoms. The number of para-hydroxylation sites is 2. The van der Waals surface area contributed by atoms with Crippen molar-refractivity contribution in [3.05, 3.63) is 139 Å². The van der Waals surface area contributed by atoms with Crippen LogP contribution in [0.2, 0.25) is 0 Å². The van der Waals surface area contributed by atoms with Crippen LogP contribution in [0.1, 0.15) is 255 Å². The van der Waals surface area contributed by atoms with Crippen LogP contribution >= 0.6 is 0 Å². The minimum atomic E-state index is 0.146. The van der Waals surface area contributed by atoms with Crippen molar-refractivity contribution < 1.29 is 0 Å². The van der Waals surface area contributed by atoms with Gasteiger partial charge in [-0.15, -0.1) is 0 Å². The van der Waals surface area contributed by atoms with Crippen molar-refractivity contribution in [2.75, 3.05) is 0 Å². The van der Waals surface area contributed by atoms with Gasteiger partial charge in [0.15, 0.2) is 10.9 Å². The second kappa shape index (κ2) is 19.4. The molecule has 0 spiro atoms. The second-order valence-electron chi connectivity index (χ2n) is 37.4. The van der Waals surface area contributed by atoms with Crippen LogP contribution in [0.25, 0.3) is 55.0 Å². The summed E-state index contributed by atoms with van der Waals surface area (Å²) in [5, 5.41) is 3.35. The molecule has 28 atom stereocenters. The minimum Gasteiger partial charge on any atom is -0.308 e. The highest BCUT2D eigenvalue weighted by Gasteiger charge is 2.61. The molecule has 28 unspecified atom stereocenters. The van der Waals surface area contributed by atoms with Gasteiger partial charge in [-0.05, 0) is 383 Å². The van der Waals surface area contributed by atoms with E-state index in [0.29, 0.717) is 35.5 Å². The Bertz CT molecular complexity index is 4380. The molecule has 0 amide bonds. The van der Waals surface area contributed by atoms with Gasteiger partial charge in [0.25, 0.3) is 0 Å². The standard InChI is InChI=1S/C89H100N2O2/c92-88-63-10-1-3-22-82(63)90(86-76(72-34-47-30-68(72)59-18-6-13-54(47)59)38-51(65-27-44-24-25-45(65)26-44)39-77(86)73-35-48-31-69(73)60-19-7-14-55(48)60)84-42-81-85(43-80(84)88)91(83-23-4-2-11-64(83)89(81)93)87-78(74-36-49-32-70(74)61-20-8-15-56(49)61)40-52(66-28-46-29-67(66)58-17-5-12-53(46)58)41-79(87)75-37-50-33-71(75)62-21-9-16-57(50)62/h1-4,10-11,22-23,38-50,53-62,65-75H,5-9,12-21,24-37H2. The predicted molar refractivity (Wildman–Crippen MR) is 375 cm³/mol. The zero-order chi connectivity index (χ0) is 60.1. The van der Waals surface area contributed by atoms with Crippen LogP contribution in [0.3, 0.4) is 0 Å². The van der Waals surface area contributed by atoms with E-state index in [0.717, 1.165) is 174 Å². The molecule has 5 aromatic carbocycles. The molecule has 4 heteroatoms. The number of nitrogens with zero attached hydrogens (tertiary/aromatic N) is 2. The molecule has 0 saturated heterocycles. The molecule has 4 nitrogen and oxygen atoms in total. The topological polar surface area (TPSA) is 44.0 Å². The zero-order valence-corrected chi connectivity index (χ0v) is 55.5. The number of benzene rings is 5. The number of fused-ring (bicyclic) bond motifs is 31. The average molecular weight is 1230 g/mol. The highest BCUT2D eigenvalue weighted by Crippen LogP contribution is 2.71. The van der Waals surface area contributed by atoms with Crippen molar-refractivity contribution in [3.8, 4) is 11.4 Å². The molecule has 93 heavy (non-hydrogen) atoms. The molecule has 17 fully saturated rings. The lowest BCUT2D eigenvalue weighted by Crippen LogP contribution is -2.28. The lowest BCUT2D eigenvalue weighted by molar-refractivity contribution is 0.225. The molecule has 0 radical (unpaired) electrons. The molecule has 0 N–H and O–H groups in total. The van der Waals surface area contributed by atoms with E-state index < -0.39 is 0 Å². The van der Waals surface area contributed by atoms with Crippen molar-refractivity contribution in [2.24, 2.45) is 130 Å². The molecule has 2 heterocycles. The number of pyridine rings is 2. The Hall–Kier alpha value is -4.96. The quantitative estimate of drug-likeness (QED) is 0.142. The first-order valence-electron chi connectivity index (χ1n) is 40.3. The third-order valence-corrected chi connectivity index (χ3v) is 35.0. The van der Waals surface area contributed by atoms with E-state index in [1.165, 1.54) is 198 Å². The highest BCUT2D eigenvalue weighted by atomic mass is 16.1. The lowest BCUT2D eigenvalue weighted by Gasteiger charge is -2.39. The number of aromatic nitrogens is 2. The van der Waals surface area contributed by atoms with Gasteiger partial charge in [0.1, 0.15) is 0 Å². The monoisotopic (exact) mass is 1230 g/mol. The van der Waals surface area contributed by atoms with Gasteiger partial charge in [-0.25, -0.2) is 0 Å². The fraction of sp³-hybridized carbons (Fsp3) is 0.640. The van der Waals surface area contributed by atoms with Gasteiger partial charge < -0.3 is 9.13 Å². The fourth-order valence-electron chi connectivity index (χ4n) is 32.4. The first kappa shape index (κ1) is 54.1. The molecule has 478 valence electrons. The van der Waals surface area contributed by atoms with Crippen molar-refractivity contribution in [1.29, 1.82) is 0 Å². The maximum absolute atomic E-state index is 16.5. The van der Waals surface area contributed by atoms with Crippen LogP contribution in [0.4, 0.5) is 0 Å². The molecular formula is C89H100N2O2. The van der Waals surface area contributed by atoms with E-state index in [9.17, 15) is 0 Å². The summed E-state index contributed by atoms with van der Waals surface area (Å²) < 4.78 is 5.50. The van der Waals surface area contributed by atoms with E-state index in [1.54, 1.807) is 33.4 Å². The summed E-state index contributed by atoms with van der Waals surface area (Å²) in [5.41, 5.74) is 17.4. The van der Waals surface area contributed by atoms with Gasteiger partial charge in [0, 0.05) is 21.5 Å². The highest BCUT2D eigenvalue weighted by molar-refractivity contribution is 6.06. The van der Waals surface area contributed by atoms with Crippen LogP contribution in [-0.2, 0) is 0 Å². The van der Waals surface area contributed by atoms with Crippen LogP contribution < -0.4 is 10.9 Å². The van der Waals surface area contributed by atoms with E-state index in [2.05, 4.69) is 94.1 Å². The van der Waals surface area contributed by atoms with Crippen molar-refractivity contribution >= 4 is 43.6 Å². The normalized spacial score (nSPS) is 45.1. The zero-order valence-electron chi connectivity index (χ0n) is 55.5. The predicted octanol–water partition coefficient (Wildman–Crippen LogP) is 21.2. The number of rotatable bonds is 8. The molecule has 24 rings (SSSR count). The van der Waals surface area contributed by atoms with Crippen LogP contribution in [0.5, 0.6) is 0 Å². The molecule has 2 aromatic heterocycles. The molecule has 0 aliphatic heterocycles. The molecular weight excluding hydrogens is 1130 g/mol. The third-order valence-electron chi connectivity index (χ3n) is 35.0. The summed E-state index contributed by atoms with van der Waals surface area (Å²) in [7, 11) is 0. The summed E-state index contributed by atoms with van der Waals surface area (Å²) in [6.07, 6.45) is 41.1. The van der Waals surface area contributed by atoms with E-state index >= 15 is 9.59 Å². The van der Waals surface area contributed by atoms with Gasteiger partial charge in [-0.3, -0.25) is 9.59 Å². The van der Waals surface area contributed by atoms with Crippen LogP contribution in [0, 0.1) is 130 Å². The summed E-state index contributed by atoms with van der Waals surface area (Å²) in [6, 6.07) is 34.2. The Balaban J connectivity index is 0.790. The third kappa shape index (κ3) is 7.18. The van der Waals surface area contributed by atoms with Crippen molar-refractivity contribution in [2.45, 2.75) is 222 Å². The lowest BCUT2D eigenvalue weighted by atomic mass is 9.67. The minimum absolute atomic E-state index is 0.146. The van der Waals surface area contributed by atoms with Crippen LogP contribution in [-0.4, -0.2) is 9.13 Å². The Labute approximate surface area is 551 Å². The second-order valence-corrected chi connectivity index (χ2v) is 37.4.